The molecule has 0 unspecified atom stereocenters. The molecule has 0 aromatic heterocycles. The van der Waals surface area contributed by atoms with Gasteiger partial charge >= 0.3 is 11.9 Å². The summed E-state index contributed by atoms with van der Waals surface area (Å²) in [6.45, 7) is 0. The number of aromatic carboxylic acids is 2. The number of nitrogens with one attached hydrogen (secondary N) is 1. The Morgan fingerprint density at radius 2 is 1.43 bits per heavy atom. The van der Waals surface area contributed by atoms with Crippen molar-refractivity contribution in [3.05, 3.63) is 59.2 Å². The molecule has 2 aromatic carbocycles. The van der Waals surface area contributed by atoms with Crippen molar-refractivity contribution < 1.29 is 24.6 Å². The molecule has 0 saturated heterocycles. The van der Waals surface area contributed by atoms with Crippen LogP contribution in [0.25, 0.3) is 0 Å². The van der Waals surface area contributed by atoms with E-state index in [1.54, 1.807) is 24.3 Å². The van der Waals surface area contributed by atoms with Gasteiger partial charge in [0.25, 0.3) is 0 Å². The maximum absolute atomic E-state index is 12.0. The molecule has 0 heterocycles. The summed E-state index contributed by atoms with van der Waals surface area (Å²) < 4.78 is 0. The first-order valence-electron chi connectivity index (χ1n) is 6.61. The zero-order chi connectivity index (χ0) is 17.0. The molecule has 23 heavy (non-hydrogen) atoms. The molecule has 0 spiro atoms. The Kier molecular flexibility index (Phi) is 4.61. The van der Waals surface area contributed by atoms with Crippen molar-refractivity contribution in [3.8, 4) is 0 Å². The molecule has 0 radical (unpaired) electrons. The average molecular weight is 314 g/mol. The average Bonchev–Trinajstić information content (AvgIpc) is 2.49. The number of nitrogen functional groups attached to an aromatic ring is 1. The van der Waals surface area contributed by atoms with E-state index in [0.717, 1.165) is 11.6 Å². The molecule has 1 amide bonds. The third kappa shape index (κ3) is 4.31. The number of hydrogen-bond acceptors (Lipinski definition) is 4. The van der Waals surface area contributed by atoms with Crippen LogP contribution in [-0.4, -0.2) is 28.1 Å². The van der Waals surface area contributed by atoms with Crippen molar-refractivity contribution in [2.24, 2.45) is 0 Å². The van der Waals surface area contributed by atoms with Crippen LogP contribution in [-0.2, 0) is 11.2 Å². The lowest BCUT2D eigenvalue weighted by Crippen LogP contribution is -2.15. The molecule has 0 saturated carbocycles. The lowest BCUT2D eigenvalue weighted by molar-refractivity contribution is -0.115. The van der Waals surface area contributed by atoms with E-state index >= 15 is 0 Å². The molecule has 2 aromatic rings. The number of carboxylic acids is 2. The fraction of sp³-hybridized carbons (Fsp3) is 0.0625. The summed E-state index contributed by atoms with van der Waals surface area (Å²) >= 11 is 0. The first-order chi connectivity index (χ1) is 10.8. The molecule has 118 valence electrons. The number of benzene rings is 2. The summed E-state index contributed by atoms with van der Waals surface area (Å²) in [6, 6.07) is 10.2. The lowest BCUT2D eigenvalue weighted by atomic mass is 10.1. The molecule has 5 N–H and O–H groups in total. The predicted molar refractivity (Wildman–Crippen MR) is 83.5 cm³/mol. The number of carbonyl (C=O) groups excluding carboxylic acids is 1. The lowest BCUT2D eigenvalue weighted by Gasteiger charge is -2.08. The number of carboxylic acid groups (broad SMARTS) is 2. The van der Waals surface area contributed by atoms with Crippen molar-refractivity contribution in [1.29, 1.82) is 0 Å². The monoisotopic (exact) mass is 314 g/mol. The van der Waals surface area contributed by atoms with E-state index in [2.05, 4.69) is 5.32 Å². The summed E-state index contributed by atoms with van der Waals surface area (Å²) in [5.74, 6) is -2.95. The Labute approximate surface area is 131 Å². The van der Waals surface area contributed by atoms with Crippen molar-refractivity contribution >= 4 is 29.2 Å². The van der Waals surface area contributed by atoms with Crippen LogP contribution in [0.2, 0.25) is 0 Å². The highest BCUT2D eigenvalue weighted by Gasteiger charge is 2.13. The minimum atomic E-state index is -1.28. The Balaban J connectivity index is 2.18. The van der Waals surface area contributed by atoms with Gasteiger partial charge in [0.2, 0.25) is 5.91 Å². The number of amides is 1. The number of nitrogens with two attached hydrogens (primary N) is 1. The van der Waals surface area contributed by atoms with E-state index < -0.39 is 17.8 Å². The van der Waals surface area contributed by atoms with Gasteiger partial charge in [0, 0.05) is 11.4 Å². The molecule has 0 fully saturated rings. The molecule has 7 heteroatoms. The van der Waals surface area contributed by atoms with E-state index in [1.165, 1.54) is 12.1 Å². The van der Waals surface area contributed by atoms with E-state index in [-0.39, 0.29) is 23.2 Å². The van der Waals surface area contributed by atoms with Gasteiger partial charge in [-0.3, -0.25) is 4.79 Å². The second-order valence-electron chi connectivity index (χ2n) is 4.88. The minimum absolute atomic E-state index is 0.0555. The minimum Gasteiger partial charge on any atom is -0.478 e. The van der Waals surface area contributed by atoms with Gasteiger partial charge in [-0.1, -0.05) is 12.1 Å². The first-order valence-corrected chi connectivity index (χ1v) is 6.61. The topological polar surface area (TPSA) is 130 Å². The molecule has 2 rings (SSSR count). The van der Waals surface area contributed by atoms with Gasteiger partial charge in [0.05, 0.1) is 17.5 Å². The smallest absolute Gasteiger partial charge is 0.335 e. The highest BCUT2D eigenvalue weighted by Crippen LogP contribution is 2.16. The van der Waals surface area contributed by atoms with Crippen LogP contribution in [0.4, 0.5) is 11.4 Å². The quantitative estimate of drug-likeness (QED) is 0.623. The number of rotatable bonds is 5. The summed E-state index contributed by atoms with van der Waals surface area (Å²) in [7, 11) is 0. The molecule has 7 nitrogen and oxygen atoms in total. The fourth-order valence-corrected chi connectivity index (χ4v) is 1.97. The molecular weight excluding hydrogens is 300 g/mol. The van der Waals surface area contributed by atoms with Crippen molar-refractivity contribution in [3.63, 3.8) is 0 Å². The van der Waals surface area contributed by atoms with E-state index in [4.69, 9.17) is 15.9 Å². The van der Waals surface area contributed by atoms with Crippen LogP contribution in [0.5, 0.6) is 0 Å². The van der Waals surface area contributed by atoms with Crippen molar-refractivity contribution in [2.45, 2.75) is 6.42 Å². The second-order valence-corrected chi connectivity index (χ2v) is 4.88. The van der Waals surface area contributed by atoms with Gasteiger partial charge in [0.1, 0.15) is 0 Å². The Bertz CT molecular complexity index is 736. The van der Waals surface area contributed by atoms with Crippen LogP contribution < -0.4 is 11.1 Å². The maximum atomic E-state index is 12.0. The van der Waals surface area contributed by atoms with Crippen LogP contribution >= 0.6 is 0 Å². The van der Waals surface area contributed by atoms with Crippen LogP contribution in [0, 0.1) is 0 Å². The Morgan fingerprint density at radius 3 is 1.91 bits per heavy atom. The van der Waals surface area contributed by atoms with E-state index in [0.29, 0.717) is 5.69 Å². The zero-order valence-corrected chi connectivity index (χ0v) is 11.9. The molecule has 0 aliphatic heterocycles. The molecule has 0 aliphatic rings. The predicted octanol–water partition coefficient (Wildman–Crippen LogP) is 1.85. The van der Waals surface area contributed by atoms with Gasteiger partial charge in [-0.05, 0) is 35.9 Å². The third-order valence-corrected chi connectivity index (χ3v) is 3.06. The van der Waals surface area contributed by atoms with Crippen molar-refractivity contribution in [1.82, 2.24) is 0 Å². The highest BCUT2D eigenvalue weighted by atomic mass is 16.4. The van der Waals surface area contributed by atoms with Gasteiger partial charge < -0.3 is 21.3 Å². The number of anilines is 2. The summed E-state index contributed by atoms with van der Waals surface area (Å²) in [5.41, 5.74) is 6.55. The third-order valence-electron chi connectivity index (χ3n) is 3.06. The molecule has 0 aliphatic carbocycles. The number of carbonyl (C=O) groups is 3. The zero-order valence-electron chi connectivity index (χ0n) is 11.9. The number of hydrogen-bond donors (Lipinski definition) is 4. The Morgan fingerprint density at radius 1 is 0.913 bits per heavy atom. The van der Waals surface area contributed by atoms with E-state index in [1.807, 2.05) is 0 Å². The second kappa shape index (κ2) is 6.61. The highest BCUT2D eigenvalue weighted by molar-refractivity contribution is 5.98. The molecular formula is C16H14N2O5. The van der Waals surface area contributed by atoms with Crippen LogP contribution in [0.3, 0.4) is 0 Å². The molecule has 0 bridgehead atoms. The first kappa shape index (κ1) is 16.0. The van der Waals surface area contributed by atoms with Crippen LogP contribution in [0.15, 0.2) is 42.5 Å². The largest absolute Gasteiger partial charge is 0.478 e. The summed E-state index contributed by atoms with van der Waals surface area (Å²) in [5, 5.41) is 20.5. The van der Waals surface area contributed by atoms with Gasteiger partial charge in [-0.25, -0.2) is 9.59 Å². The Hall–Kier alpha value is -3.35. The normalized spacial score (nSPS) is 10.1. The molecule has 0 atom stereocenters. The van der Waals surface area contributed by atoms with Crippen molar-refractivity contribution in [2.75, 3.05) is 11.1 Å². The van der Waals surface area contributed by atoms with Gasteiger partial charge in [-0.2, -0.15) is 0 Å². The maximum Gasteiger partial charge on any atom is 0.335 e. The standard InChI is InChI=1S/C16H14N2O5/c17-12-3-1-9(2-4-12)5-14(19)18-13-7-10(15(20)21)6-11(8-13)16(22)23/h1-4,6-8H,5,17H2,(H,18,19)(H,20,21)(H,22,23). The van der Waals surface area contributed by atoms with Crippen LogP contribution in [0.1, 0.15) is 26.3 Å². The van der Waals surface area contributed by atoms with Gasteiger partial charge in [0.15, 0.2) is 0 Å². The summed E-state index contributed by atoms with van der Waals surface area (Å²) in [4.78, 5) is 34.0. The van der Waals surface area contributed by atoms with E-state index in [9.17, 15) is 14.4 Å². The SMILES string of the molecule is Nc1ccc(CC(=O)Nc2cc(C(=O)O)cc(C(=O)O)c2)cc1. The van der Waals surface area contributed by atoms with Gasteiger partial charge in [-0.15, -0.1) is 0 Å². The fourth-order valence-electron chi connectivity index (χ4n) is 1.97. The summed E-state index contributed by atoms with van der Waals surface area (Å²) in [6.07, 6.45) is 0.0555.